The fraction of sp³-hybridized carbons (Fsp3) is 0.438. The van der Waals surface area contributed by atoms with E-state index in [4.69, 9.17) is 23.2 Å². The highest BCUT2D eigenvalue weighted by Gasteiger charge is 2.51. The van der Waals surface area contributed by atoms with Gasteiger partial charge in [-0.25, -0.2) is 13.2 Å². The van der Waals surface area contributed by atoms with Crippen LogP contribution >= 0.6 is 23.2 Å². The van der Waals surface area contributed by atoms with E-state index in [1.165, 1.54) is 35.3 Å². The van der Waals surface area contributed by atoms with Crippen molar-refractivity contribution in [1.29, 1.82) is 0 Å². The monoisotopic (exact) mass is 622 g/mol. The minimum Gasteiger partial charge on any atom is -0.385 e. The number of rotatable bonds is 8. The maximum atomic E-state index is 14.8. The molecule has 2 N–H and O–H groups in total. The van der Waals surface area contributed by atoms with Gasteiger partial charge >= 0.3 is 0 Å². The molecule has 4 atom stereocenters. The van der Waals surface area contributed by atoms with E-state index in [-0.39, 0.29) is 27.8 Å². The third kappa shape index (κ3) is 6.12. The van der Waals surface area contributed by atoms with Crippen LogP contribution in [-0.4, -0.2) is 41.5 Å². The van der Waals surface area contributed by atoms with Crippen LogP contribution in [0.25, 0.3) is 11.1 Å². The Hall–Kier alpha value is -2.81. The Kier molecular flexibility index (Phi) is 9.22. The van der Waals surface area contributed by atoms with Gasteiger partial charge in [-0.05, 0) is 66.0 Å². The summed E-state index contributed by atoms with van der Waals surface area (Å²) in [6, 6.07) is 8.35. The normalized spacial score (nSPS) is 27.0. The van der Waals surface area contributed by atoms with Crippen molar-refractivity contribution < 1.29 is 27.9 Å². The summed E-state index contributed by atoms with van der Waals surface area (Å²) in [4.78, 5) is 27.4. The van der Waals surface area contributed by atoms with Crippen molar-refractivity contribution in [2.45, 2.75) is 77.5 Å². The summed E-state index contributed by atoms with van der Waals surface area (Å²) in [7, 11) is 0. The number of allylic oxidation sites excluding steroid dienone is 2. The smallest absolute Gasteiger partial charge is 0.267 e. The van der Waals surface area contributed by atoms with Gasteiger partial charge in [-0.3, -0.25) is 9.59 Å². The number of amides is 2. The molecule has 2 aliphatic carbocycles. The van der Waals surface area contributed by atoms with Crippen molar-refractivity contribution in [3.63, 3.8) is 0 Å². The summed E-state index contributed by atoms with van der Waals surface area (Å²) >= 11 is 12.5. The van der Waals surface area contributed by atoms with Gasteiger partial charge in [0.15, 0.2) is 0 Å². The Balaban J connectivity index is 1.93. The number of hydrogen-bond donors (Lipinski definition) is 2. The van der Waals surface area contributed by atoms with Crippen molar-refractivity contribution in [3.8, 4) is 11.1 Å². The summed E-state index contributed by atoms with van der Waals surface area (Å²) in [5, 5.41) is 13.8. The molecular formula is C32H35Cl2F3N2O3. The number of nitrogens with one attached hydrogen (secondary N) is 1. The molecule has 10 heteroatoms. The van der Waals surface area contributed by atoms with E-state index in [1.54, 1.807) is 18.2 Å². The van der Waals surface area contributed by atoms with Crippen molar-refractivity contribution in [1.82, 2.24) is 5.32 Å². The van der Waals surface area contributed by atoms with Crippen LogP contribution in [0.15, 0.2) is 60.2 Å². The second kappa shape index (κ2) is 12.1. The van der Waals surface area contributed by atoms with Gasteiger partial charge in [0.1, 0.15) is 17.5 Å². The van der Waals surface area contributed by atoms with E-state index in [0.29, 0.717) is 34.7 Å². The molecule has 2 amide bonds. The number of benzene rings is 2. The quantitative estimate of drug-likeness (QED) is 0.296. The third-order valence-corrected chi connectivity index (χ3v) is 9.36. The van der Waals surface area contributed by atoms with Gasteiger partial charge in [0, 0.05) is 17.2 Å². The first-order valence-electron chi connectivity index (χ1n) is 13.8. The Bertz CT molecular complexity index is 1430. The Morgan fingerprint density at radius 2 is 1.86 bits per heavy atom. The first-order chi connectivity index (χ1) is 19.7. The number of carbonyl (C=O) groups is 2. The van der Waals surface area contributed by atoms with Gasteiger partial charge in [-0.15, -0.1) is 0 Å². The highest BCUT2D eigenvalue weighted by Crippen LogP contribution is 2.51. The predicted molar refractivity (Wildman–Crippen MR) is 160 cm³/mol. The minimum atomic E-state index is -3.21. The van der Waals surface area contributed by atoms with Crippen LogP contribution in [0.5, 0.6) is 0 Å². The van der Waals surface area contributed by atoms with Crippen molar-refractivity contribution in [2.24, 2.45) is 10.8 Å². The van der Waals surface area contributed by atoms with Gasteiger partial charge in [0.05, 0.1) is 15.7 Å². The molecule has 226 valence electrons. The minimum absolute atomic E-state index is 0.0730. The molecule has 5 nitrogen and oxygen atoms in total. The Morgan fingerprint density at radius 3 is 2.48 bits per heavy atom. The van der Waals surface area contributed by atoms with E-state index in [2.05, 4.69) is 27.7 Å². The lowest BCUT2D eigenvalue weighted by atomic mass is 9.61. The van der Waals surface area contributed by atoms with E-state index in [9.17, 15) is 27.9 Å². The van der Waals surface area contributed by atoms with Gasteiger partial charge < -0.3 is 15.3 Å². The van der Waals surface area contributed by atoms with Gasteiger partial charge in [0.25, 0.3) is 12.3 Å². The first-order valence-corrected chi connectivity index (χ1v) is 14.6. The van der Waals surface area contributed by atoms with Crippen LogP contribution in [-0.2, 0) is 9.59 Å². The van der Waals surface area contributed by atoms with E-state index >= 15 is 0 Å². The van der Waals surface area contributed by atoms with Crippen LogP contribution in [0.2, 0.25) is 10.0 Å². The number of anilines is 1. The molecule has 0 spiro atoms. The maximum Gasteiger partial charge on any atom is 0.267 e. The zero-order chi connectivity index (χ0) is 31.0. The molecule has 0 heterocycles. The molecule has 4 rings (SSSR count). The average Bonchev–Trinajstić information content (AvgIpc) is 2.91. The van der Waals surface area contributed by atoms with E-state index in [0.717, 1.165) is 18.9 Å². The average molecular weight is 624 g/mol. The summed E-state index contributed by atoms with van der Waals surface area (Å²) in [5.74, 6) is -1.28. The molecule has 0 radical (unpaired) electrons. The maximum absolute atomic E-state index is 14.8. The highest BCUT2D eigenvalue weighted by molar-refractivity contribution is 6.42. The molecule has 1 fully saturated rings. The fourth-order valence-electron chi connectivity index (χ4n) is 6.68. The molecular weight excluding hydrogens is 588 g/mol. The number of hydrogen-bond acceptors (Lipinski definition) is 3. The number of aliphatic hydroxyl groups is 1. The number of halogens is 5. The molecule has 2 aromatic carbocycles. The van der Waals surface area contributed by atoms with Gasteiger partial charge in [-0.1, -0.05) is 81.6 Å². The number of aliphatic hydroxyl groups excluding tert-OH is 1. The van der Waals surface area contributed by atoms with Crippen LogP contribution in [0.4, 0.5) is 18.9 Å². The zero-order valence-corrected chi connectivity index (χ0v) is 25.4. The SMILES string of the molecule is CCC1(C)CC(N(C(=O)C2=CC=CC(NC=O)(C(F)F)C2O)c2ccc(F)cc2-c2ccc(Cl)c(Cl)c2)CC(C)(C)C1. The summed E-state index contributed by atoms with van der Waals surface area (Å²) in [6.07, 6.45) is 1.20. The standard InChI is InChI=1S/C32H35Cl2F3N2O3/c1-5-31(4)16-21(15-30(2,3)17-31)39(28(42)22-7-6-12-32(27(22)41,29(36)37)38-18-40)26-11-9-20(35)14-23(26)19-8-10-24(33)25(34)13-19/h6-14,18,21,27,29,41H,5,15-17H2,1-4H3,(H,38,40). The van der Waals surface area contributed by atoms with Gasteiger partial charge in [-0.2, -0.15) is 0 Å². The molecule has 4 unspecified atom stereocenters. The second-order valence-electron chi connectivity index (χ2n) is 12.4. The third-order valence-electron chi connectivity index (χ3n) is 8.62. The van der Waals surface area contributed by atoms with Crippen LogP contribution in [0, 0.1) is 16.6 Å². The van der Waals surface area contributed by atoms with Gasteiger partial charge in [0.2, 0.25) is 6.41 Å². The van der Waals surface area contributed by atoms with Crippen LogP contribution in [0.3, 0.4) is 0 Å². The lowest BCUT2D eigenvalue weighted by molar-refractivity contribution is -0.120. The Morgan fingerprint density at radius 1 is 1.14 bits per heavy atom. The topological polar surface area (TPSA) is 69.6 Å². The van der Waals surface area contributed by atoms with Crippen LogP contribution in [0.1, 0.15) is 53.4 Å². The molecule has 2 aromatic rings. The molecule has 0 aromatic heterocycles. The first kappa shape index (κ1) is 32.1. The van der Waals surface area contributed by atoms with E-state index in [1.807, 2.05) is 5.32 Å². The van der Waals surface area contributed by atoms with Crippen molar-refractivity contribution in [2.75, 3.05) is 4.90 Å². The molecule has 2 aliphatic rings. The van der Waals surface area contributed by atoms with Crippen molar-refractivity contribution in [3.05, 3.63) is 76.1 Å². The Labute approximate surface area is 254 Å². The highest BCUT2D eigenvalue weighted by atomic mass is 35.5. The number of alkyl halides is 2. The number of nitrogens with zero attached hydrogens (tertiary/aromatic N) is 1. The number of carbonyl (C=O) groups excluding carboxylic acids is 2. The zero-order valence-electron chi connectivity index (χ0n) is 23.9. The molecule has 0 saturated heterocycles. The molecule has 0 bridgehead atoms. The molecule has 0 aliphatic heterocycles. The fourth-order valence-corrected chi connectivity index (χ4v) is 6.98. The predicted octanol–water partition coefficient (Wildman–Crippen LogP) is 7.73. The largest absolute Gasteiger partial charge is 0.385 e. The molecule has 1 saturated carbocycles. The van der Waals surface area contributed by atoms with Crippen molar-refractivity contribution >= 4 is 41.2 Å². The lowest BCUT2D eigenvalue weighted by Crippen LogP contribution is -2.61. The van der Waals surface area contributed by atoms with E-state index < -0.39 is 35.8 Å². The summed E-state index contributed by atoms with van der Waals surface area (Å²) < 4.78 is 43.4. The van der Waals surface area contributed by atoms with Crippen LogP contribution < -0.4 is 10.2 Å². The summed E-state index contributed by atoms with van der Waals surface area (Å²) in [5.41, 5.74) is -2.00. The second-order valence-corrected chi connectivity index (χ2v) is 13.2. The molecule has 42 heavy (non-hydrogen) atoms. The lowest BCUT2D eigenvalue weighted by Gasteiger charge is -2.50. The summed E-state index contributed by atoms with van der Waals surface area (Å²) in [6.45, 7) is 8.48.